The van der Waals surface area contributed by atoms with Gasteiger partial charge in [-0.3, -0.25) is 4.72 Å². The first kappa shape index (κ1) is 14.0. The quantitative estimate of drug-likeness (QED) is 0.870. The smallest absolute Gasteiger partial charge is 0.236 e. The predicted octanol–water partition coefficient (Wildman–Crippen LogP) is 3.09. The minimum atomic E-state index is -3.42. The van der Waals surface area contributed by atoms with Gasteiger partial charge in [-0.2, -0.15) is 0 Å². The van der Waals surface area contributed by atoms with Gasteiger partial charge in [0.2, 0.25) is 10.0 Å². The van der Waals surface area contributed by atoms with Crippen LogP contribution in [0, 0.1) is 6.92 Å². The van der Waals surface area contributed by atoms with Crippen molar-refractivity contribution < 1.29 is 8.42 Å². The summed E-state index contributed by atoms with van der Waals surface area (Å²) in [5.41, 5.74) is 2.31. The van der Waals surface area contributed by atoms with E-state index in [1.165, 1.54) is 6.20 Å². The Bertz CT molecular complexity index is 599. The van der Waals surface area contributed by atoms with Crippen molar-refractivity contribution in [1.82, 2.24) is 4.98 Å². The van der Waals surface area contributed by atoms with Gasteiger partial charge in [0.15, 0.2) is 0 Å². The van der Waals surface area contributed by atoms with Gasteiger partial charge < -0.3 is 0 Å². The molecule has 1 heterocycles. The largest absolute Gasteiger partial charge is 0.282 e. The normalized spacial score (nSPS) is 11.3. The first-order valence-corrected chi connectivity index (χ1v) is 8.07. The zero-order chi connectivity index (χ0) is 13.9. The Kier molecular flexibility index (Phi) is 4.21. The average molecular weight is 341 g/mol. The number of pyridine rings is 1. The van der Waals surface area contributed by atoms with Gasteiger partial charge >= 0.3 is 0 Å². The molecule has 1 N–H and O–H groups in total. The number of benzene rings is 1. The number of halogens is 1. The van der Waals surface area contributed by atoms with Crippen LogP contribution in [-0.4, -0.2) is 13.4 Å². The molecular weight excluding hydrogens is 328 g/mol. The summed E-state index contributed by atoms with van der Waals surface area (Å²) >= 11 is 3.20. The molecule has 0 fully saturated rings. The summed E-state index contributed by atoms with van der Waals surface area (Å²) in [5.74, 6) is -0.0522. The van der Waals surface area contributed by atoms with Crippen LogP contribution in [0.2, 0.25) is 0 Å². The second kappa shape index (κ2) is 5.71. The summed E-state index contributed by atoms with van der Waals surface area (Å²) in [6.07, 6.45) is 1.47. The Morgan fingerprint density at radius 2 is 1.84 bits per heavy atom. The van der Waals surface area contributed by atoms with E-state index in [0.717, 1.165) is 11.1 Å². The maximum absolute atomic E-state index is 12.0. The lowest BCUT2D eigenvalue weighted by Gasteiger charge is -2.08. The molecule has 0 radical (unpaired) electrons. The van der Waals surface area contributed by atoms with Crippen molar-refractivity contribution in [3.8, 4) is 0 Å². The molecule has 0 spiro atoms. The van der Waals surface area contributed by atoms with E-state index < -0.39 is 10.0 Å². The Labute approximate surface area is 121 Å². The number of aromatic nitrogens is 1. The summed E-state index contributed by atoms with van der Waals surface area (Å²) < 4.78 is 27.1. The van der Waals surface area contributed by atoms with Crippen molar-refractivity contribution in [3.63, 3.8) is 0 Å². The molecule has 0 aliphatic carbocycles. The summed E-state index contributed by atoms with van der Waals surface area (Å²) in [4.78, 5) is 3.97. The summed E-state index contributed by atoms with van der Waals surface area (Å²) in [5, 5.41) is 0. The Balaban J connectivity index is 2.10. The molecule has 1 aromatic heterocycles. The molecule has 2 rings (SSSR count). The van der Waals surface area contributed by atoms with E-state index in [1.54, 1.807) is 12.1 Å². The molecule has 0 aliphatic rings. The van der Waals surface area contributed by atoms with Crippen LogP contribution >= 0.6 is 15.9 Å². The number of nitrogens with zero attached hydrogens (tertiary/aromatic N) is 1. The number of anilines is 1. The fourth-order valence-electron chi connectivity index (χ4n) is 1.56. The lowest BCUT2D eigenvalue weighted by Crippen LogP contribution is -2.15. The van der Waals surface area contributed by atoms with Crippen LogP contribution in [0.5, 0.6) is 0 Å². The first-order chi connectivity index (χ1) is 8.94. The summed E-state index contributed by atoms with van der Waals surface area (Å²) in [7, 11) is -3.42. The van der Waals surface area contributed by atoms with Gasteiger partial charge in [-0.1, -0.05) is 29.8 Å². The van der Waals surface area contributed by atoms with Gasteiger partial charge in [-0.15, -0.1) is 0 Å². The summed E-state index contributed by atoms with van der Waals surface area (Å²) in [6, 6.07) is 10.8. The van der Waals surface area contributed by atoms with Crippen LogP contribution in [0.15, 0.2) is 47.2 Å². The third-order valence-electron chi connectivity index (χ3n) is 2.48. The zero-order valence-corrected chi connectivity index (χ0v) is 12.7. The molecule has 0 unspecified atom stereocenters. The van der Waals surface area contributed by atoms with E-state index in [-0.39, 0.29) is 5.75 Å². The lowest BCUT2D eigenvalue weighted by molar-refractivity contribution is 0.600. The third kappa shape index (κ3) is 4.33. The molecule has 100 valence electrons. The maximum atomic E-state index is 12.0. The number of aryl methyl sites for hydroxylation is 1. The van der Waals surface area contributed by atoms with Crippen molar-refractivity contribution >= 4 is 31.6 Å². The van der Waals surface area contributed by atoms with Crippen LogP contribution in [0.1, 0.15) is 11.1 Å². The van der Waals surface area contributed by atoms with Crippen LogP contribution in [0.3, 0.4) is 0 Å². The monoisotopic (exact) mass is 340 g/mol. The highest BCUT2D eigenvalue weighted by Gasteiger charge is 2.11. The van der Waals surface area contributed by atoms with Gasteiger partial charge in [-0.25, -0.2) is 13.4 Å². The van der Waals surface area contributed by atoms with Crippen molar-refractivity contribution in [2.45, 2.75) is 12.7 Å². The van der Waals surface area contributed by atoms with E-state index in [9.17, 15) is 8.42 Å². The molecule has 1 aromatic carbocycles. The second-order valence-corrected chi connectivity index (χ2v) is 6.75. The average Bonchev–Trinajstić information content (AvgIpc) is 2.34. The molecule has 6 heteroatoms. The number of rotatable bonds is 4. The first-order valence-electron chi connectivity index (χ1n) is 5.62. The van der Waals surface area contributed by atoms with Crippen molar-refractivity contribution in [1.29, 1.82) is 0 Å². The standard InChI is InChI=1S/C13H13BrN2O2S/c1-10-2-4-11(5-3-10)9-19(17,18)16-12-6-7-13(14)15-8-12/h2-8,16H,9H2,1H3. The molecule has 0 bridgehead atoms. The Hall–Kier alpha value is -1.40. The Morgan fingerprint density at radius 3 is 2.42 bits per heavy atom. The molecule has 0 aliphatic heterocycles. The van der Waals surface area contributed by atoms with Crippen LogP contribution in [0.25, 0.3) is 0 Å². The topological polar surface area (TPSA) is 59.1 Å². The van der Waals surface area contributed by atoms with Crippen molar-refractivity contribution in [2.75, 3.05) is 4.72 Å². The molecule has 0 amide bonds. The van der Waals surface area contributed by atoms with Crippen LogP contribution < -0.4 is 4.72 Å². The fraction of sp³-hybridized carbons (Fsp3) is 0.154. The van der Waals surface area contributed by atoms with E-state index in [4.69, 9.17) is 0 Å². The lowest BCUT2D eigenvalue weighted by atomic mass is 10.2. The number of nitrogens with one attached hydrogen (secondary N) is 1. The third-order valence-corrected chi connectivity index (χ3v) is 4.21. The maximum Gasteiger partial charge on any atom is 0.236 e. The number of sulfonamides is 1. The highest BCUT2D eigenvalue weighted by atomic mass is 79.9. The summed E-state index contributed by atoms with van der Waals surface area (Å²) in [6.45, 7) is 1.96. The molecule has 0 atom stereocenters. The van der Waals surface area contributed by atoms with Gasteiger partial charge in [0.1, 0.15) is 4.60 Å². The van der Waals surface area contributed by atoms with Gasteiger partial charge in [0, 0.05) is 0 Å². The van der Waals surface area contributed by atoms with Crippen LogP contribution in [0.4, 0.5) is 5.69 Å². The van der Waals surface area contributed by atoms with E-state index in [0.29, 0.717) is 10.3 Å². The van der Waals surface area contributed by atoms with E-state index in [2.05, 4.69) is 25.6 Å². The minimum absolute atomic E-state index is 0.0522. The molecule has 0 saturated carbocycles. The fourth-order valence-corrected chi connectivity index (χ4v) is 2.97. The second-order valence-electron chi connectivity index (χ2n) is 4.22. The molecule has 0 saturated heterocycles. The van der Waals surface area contributed by atoms with E-state index >= 15 is 0 Å². The van der Waals surface area contributed by atoms with Gasteiger partial charge in [0.05, 0.1) is 17.6 Å². The van der Waals surface area contributed by atoms with Gasteiger partial charge in [0.25, 0.3) is 0 Å². The zero-order valence-electron chi connectivity index (χ0n) is 10.3. The SMILES string of the molecule is Cc1ccc(CS(=O)(=O)Nc2ccc(Br)nc2)cc1. The molecule has 2 aromatic rings. The predicted molar refractivity (Wildman–Crippen MR) is 79.4 cm³/mol. The number of hydrogen-bond donors (Lipinski definition) is 1. The molecule has 4 nitrogen and oxygen atoms in total. The molecule has 19 heavy (non-hydrogen) atoms. The highest BCUT2D eigenvalue weighted by molar-refractivity contribution is 9.10. The highest BCUT2D eigenvalue weighted by Crippen LogP contribution is 2.14. The van der Waals surface area contributed by atoms with Crippen molar-refractivity contribution in [3.05, 3.63) is 58.3 Å². The molecular formula is C13H13BrN2O2S. The van der Waals surface area contributed by atoms with Gasteiger partial charge in [-0.05, 0) is 40.5 Å². The van der Waals surface area contributed by atoms with Crippen molar-refractivity contribution in [2.24, 2.45) is 0 Å². The van der Waals surface area contributed by atoms with Crippen LogP contribution in [-0.2, 0) is 15.8 Å². The minimum Gasteiger partial charge on any atom is -0.282 e. The van der Waals surface area contributed by atoms with E-state index in [1.807, 2.05) is 31.2 Å². The Morgan fingerprint density at radius 1 is 1.16 bits per heavy atom. The number of hydrogen-bond acceptors (Lipinski definition) is 3.